The third kappa shape index (κ3) is 8.02. The standard InChI is InChI=1S/C29H32N4O8S2/c1-16(34)40-13-18-14-42-25-21(24(36)33(25)22(18)26(37)38)31-23(35)19(12-8-11-17-9-6-5-7-10-17)20-15-43-27(30-20)32-28(39)41-29(2,3)4/h5-7,9-10,12,15,21,25H,8,11,13-14H2,1-4H3,(H,31,35)(H,37,38)(H,30,32,39)/b19-12-/t21?,25-/m1/s1. The Morgan fingerprint density at radius 2 is 1.91 bits per heavy atom. The summed E-state index contributed by atoms with van der Waals surface area (Å²) >= 11 is 2.39. The van der Waals surface area contributed by atoms with Crippen molar-refractivity contribution in [3.05, 3.63) is 64.3 Å². The van der Waals surface area contributed by atoms with Crippen molar-refractivity contribution in [1.29, 1.82) is 0 Å². The van der Waals surface area contributed by atoms with Crippen LogP contribution in [-0.2, 0) is 35.1 Å². The first-order valence-corrected chi connectivity index (χ1v) is 15.3. The average molecular weight is 629 g/mol. The Morgan fingerprint density at radius 1 is 1.19 bits per heavy atom. The number of β-lactam (4-membered cyclic amide) rings is 1. The number of amides is 3. The van der Waals surface area contributed by atoms with E-state index in [1.54, 1.807) is 32.2 Å². The van der Waals surface area contributed by atoms with E-state index in [9.17, 15) is 29.1 Å². The van der Waals surface area contributed by atoms with Crippen LogP contribution in [0.5, 0.6) is 0 Å². The molecule has 12 nitrogen and oxygen atoms in total. The van der Waals surface area contributed by atoms with E-state index in [2.05, 4.69) is 15.6 Å². The lowest BCUT2D eigenvalue weighted by Crippen LogP contribution is -2.70. The molecule has 0 radical (unpaired) electrons. The summed E-state index contributed by atoms with van der Waals surface area (Å²) in [4.78, 5) is 67.7. The molecule has 0 spiro atoms. The summed E-state index contributed by atoms with van der Waals surface area (Å²) in [5.74, 6) is -2.83. The van der Waals surface area contributed by atoms with Gasteiger partial charge in [-0.1, -0.05) is 36.4 Å². The van der Waals surface area contributed by atoms with E-state index in [-0.39, 0.29) is 28.8 Å². The van der Waals surface area contributed by atoms with Crippen molar-refractivity contribution in [2.24, 2.45) is 0 Å². The molecule has 2 aliphatic rings. The van der Waals surface area contributed by atoms with Crippen molar-refractivity contribution < 1.29 is 38.6 Å². The molecule has 228 valence electrons. The molecule has 1 fully saturated rings. The third-order valence-electron chi connectivity index (χ3n) is 6.24. The van der Waals surface area contributed by atoms with Gasteiger partial charge < -0.3 is 19.9 Å². The van der Waals surface area contributed by atoms with Crippen LogP contribution in [0, 0.1) is 0 Å². The van der Waals surface area contributed by atoms with E-state index in [0.717, 1.165) is 21.8 Å². The van der Waals surface area contributed by atoms with Gasteiger partial charge in [-0.15, -0.1) is 23.1 Å². The zero-order valence-corrected chi connectivity index (χ0v) is 25.7. The summed E-state index contributed by atoms with van der Waals surface area (Å²) in [6, 6.07) is 8.75. The topological polar surface area (TPSA) is 164 Å². The van der Waals surface area contributed by atoms with Crippen LogP contribution < -0.4 is 10.6 Å². The molecule has 14 heteroatoms. The van der Waals surface area contributed by atoms with Crippen LogP contribution in [0.3, 0.4) is 0 Å². The number of carboxylic acid groups (broad SMARTS) is 1. The largest absolute Gasteiger partial charge is 0.477 e. The van der Waals surface area contributed by atoms with Crippen LogP contribution in [0.2, 0.25) is 0 Å². The van der Waals surface area contributed by atoms with Crippen LogP contribution in [-0.4, -0.2) is 74.2 Å². The number of carboxylic acids is 1. The predicted molar refractivity (Wildman–Crippen MR) is 161 cm³/mol. The van der Waals surface area contributed by atoms with E-state index >= 15 is 0 Å². The van der Waals surface area contributed by atoms with Crippen molar-refractivity contribution in [1.82, 2.24) is 15.2 Å². The molecule has 3 heterocycles. The number of aromatic nitrogens is 1. The second-order valence-corrected chi connectivity index (χ2v) is 12.7. The van der Waals surface area contributed by atoms with Crippen LogP contribution in [0.15, 0.2) is 53.1 Å². The fourth-order valence-electron chi connectivity index (χ4n) is 4.39. The number of rotatable bonds is 10. The minimum Gasteiger partial charge on any atom is -0.477 e. The lowest BCUT2D eigenvalue weighted by atomic mass is 10.0. The number of thiazole rings is 1. The molecule has 2 aliphatic heterocycles. The van der Waals surface area contributed by atoms with Gasteiger partial charge in [-0.25, -0.2) is 14.6 Å². The highest BCUT2D eigenvalue weighted by atomic mass is 32.2. The summed E-state index contributed by atoms with van der Waals surface area (Å²) in [5, 5.41) is 16.3. The lowest BCUT2D eigenvalue weighted by molar-refractivity contribution is -0.150. The number of benzene rings is 1. The normalized spacial score (nSPS) is 18.4. The minimum atomic E-state index is -1.32. The number of allylic oxidation sites excluding steroid dienone is 1. The van der Waals surface area contributed by atoms with Crippen LogP contribution >= 0.6 is 23.1 Å². The summed E-state index contributed by atoms with van der Waals surface area (Å²) in [5.41, 5.74) is 0.944. The number of aliphatic carboxylic acids is 1. The number of carbonyl (C=O) groups excluding carboxylic acids is 4. The first-order chi connectivity index (χ1) is 20.3. The molecule has 3 N–H and O–H groups in total. The predicted octanol–water partition coefficient (Wildman–Crippen LogP) is 3.81. The molecule has 1 aromatic carbocycles. The first kappa shape index (κ1) is 31.8. The average Bonchev–Trinajstić information content (AvgIpc) is 3.39. The number of esters is 1. The van der Waals surface area contributed by atoms with Crippen LogP contribution in [0.4, 0.5) is 9.93 Å². The van der Waals surface area contributed by atoms with Gasteiger partial charge in [0.2, 0.25) is 0 Å². The van der Waals surface area contributed by atoms with Gasteiger partial charge in [0.15, 0.2) is 5.13 Å². The monoisotopic (exact) mass is 628 g/mol. The molecule has 0 aliphatic carbocycles. The zero-order chi connectivity index (χ0) is 31.3. The van der Waals surface area contributed by atoms with Gasteiger partial charge in [0.25, 0.3) is 11.8 Å². The molecule has 2 aromatic rings. The van der Waals surface area contributed by atoms with Gasteiger partial charge in [0.1, 0.15) is 29.3 Å². The molecule has 0 bridgehead atoms. The highest BCUT2D eigenvalue weighted by Crippen LogP contribution is 2.40. The Balaban J connectivity index is 1.52. The maximum atomic E-state index is 13.6. The molecule has 1 aromatic heterocycles. The van der Waals surface area contributed by atoms with Crippen molar-refractivity contribution >= 4 is 63.6 Å². The lowest BCUT2D eigenvalue weighted by Gasteiger charge is -2.49. The fraction of sp³-hybridized carbons (Fsp3) is 0.379. The summed E-state index contributed by atoms with van der Waals surface area (Å²) in [7, 11) is 0. The number of ether oxygens (including phenoxy) is 2. The van der Waals surface area contributed by atoms with Gasteiger partial charge in [-0.05, 0) is 39.2 Å². The molecule has 2 atom stereocenters. The highest BCUT2D eigenvalue weighted by Gasteiger charge is 2.54. The number of fused-ring (bicyclic) bond motifs is 1. The van der Waals surface area contributed by atoms with E-state index in [1.165, 1.54) is 18.7 Å². The molecule has 1 saturated heterocycles. The number of nitrogens with one attached hydrogen (secondary N) is 2. The van der Waals surface area contributed by atoms with Crippen LogP contribution in [0.1, 0.15) is 45.4 Å². The number of nitrogens with zero attached hydrogens (tertiary/aromatic N) is 2. The number of carbonyl (C=O) groups is 5. The number of hydrogen-bond acceptors (Lipinski definition) is 10. The SMILES string of the molecule is CC(=O)OCC1=C(C(=O)O)N2C(=O)C(NC(=O)/C(=C\CCc3ccccc3)c3csc(NC(=O)OC(C)(C)C)n3)[C@H]2SC1. The quantitative estimate of drug-likeness (QED) is 0.200. The van der Waals surface area contributed by atoms with Crippen molar-refractivity contribution in [3.63, 3.8) is 0 Å². The van der Waals surface area contributed by atoms with Gasteiger partial charge in [-0.2, -0.15) is 0 Å². The summed E-state index contributed by atoms with van der Waals surface area (Å²) in [6.45, 7) is 6.18. The van der Waals surface area contributed by atoms with Gasteiger partial charge >= 0.3 is 18.0 Å². The Hall–Kier alpha value is -4.17. The zero-order valence-electron chi connectivity index (χ0n) is 24.0. The highest BCUT2D eigenvalue weighted by molar-refractivity contribution is 8.00. The number of thioether (sulfide) groups is 1. The summed E-state index contributed by atoms with van der Waals surface area (Å²) in [6.07, 6.45) is 2.19. The third-order valence-corrected chi connectivity index (χ3v) is 8.34. The van der Waals surface area contributed by atoms with Gasteiger partial charge in [-0.3, -0.25) is 24.6 Å². The van der Waals surface area contributed by atoms with Gasteiger partial charge in [0.05, 0.1) is 11.3 Å². The Labute approximate surface area is 256 Å². The molecular formula is C29H32N4O8S2. The minimum absolute atomic E-state index is 0.209. The molecular weight excluding hydrogens is 596 g/mol. The second kappa shape index (κ2) is 13.4. The Morgan fingerprint density at radius 3 is 2.56 bits per heavy atom. The number of anilines is 1. The van der Waals surface area contributed by atoms with Crippen molar-refractivity contribution in [2.75, 3.05) is 17.7 Å². The molecule has 4 rings (SSSR count). The van der Waals surface area contributed by atoms with Crippen molar-refractivity contribution in [2.45, 2.75) is 57.6 Å². The van der Waals surface area contributed by atoms with E-state index < -0.39 is 46.9 Å². The van der Waals surface area contributed by atoms with E-state index in [0.29, 0.717) is 24.1 Å². The number of hydrogen-bond donors (Lipinski definition) is 3. The van der Waals surface area contributed by atoms with Crippen LogP contribution in [0.25, 0.3) is 5.57 Å². The van der Waals surface area contributed by atoms with E-state index in [1.807, 2.05) is 30.3 Å². The molecule has 0 saturated carbocycles. The second-order valence-electron chi connectivity index (χ2n) is 10.7. The Kier molecular flexibility index (Phi) is 9.91. The first-order valence-electron chi connectivity index (χ1n) is 13.4. The molecule has 3 amide bonds. The molecule has 1 unspecified atom stereocenters. The number of aryl methyl sites for hydroxylation is 1. The fourth-order valence-corrected chi connectivity index (χ4v) is 6.41. The smallest absolute Gasteiger partial charge is 0.413 e. The molecule has 43 heavy (non-hydrogen) atoms. The van der Waals surface area contributed by atoms with Gasteiger partial charge in [0, 0.05) is 23.6 Å². The maximum Gasteiger partial charge on any atom is 0.413 e. The maximum absolute atomic E-state index is 13.6. The van der Waals surface area contributed by atoms with Crippen molar-refractivity contribution in [3.8, 4) is 0 Å². The summed E-state index contributed by atoms with van der Waals surface area (Å²) < 4.78 is 10.2. The Bertz CT molecular complexity index is 1480. The van der Waals surface area contributed by atoms with E-state index in [4.69, 9.17) is 9.47 Å².